The van der Waals surface area contributed by atoms with Crippen LogP contribution < -0.4 is 0 Å². The summed E-state index contributed by atoms with van der Waals surface area (Å²) in [7, 11) is -2.39. The lowest BCUT2D eigenvalue weighted by Crippen LogP contribution is -2.46. The van der Waals surface area contributed by atoms with E-state index < -0.39 is 16.1 Å². The Hall–Kier alpha value is -2.66. The number of carbonyl (C=O) groups excluding carboxylic acids is 1. The van der Waals surface area contributed by atoms with Crippen LogP contribution in [0.4, 0.5) is 0 Å². The molecular formula is C48H81N7O4Si2. The fraction of sp³-hybridized carbons (Fsp3) is 0.729. The Bertz CT molecular complexity index is 1680. The molecule has 0 N–H and O–H groups in total. The quantitative estimate of drug-likeness (QED) is 0.0498. The smallest absolute Gasteiger partial charge is 0.320 e. The zero-order valence-corrected chi connectivity index (χ0v) is 41.2. The number of carbonyl (C=O) groups is 1. The number of piperidine rings is 1. The Morgan fingerprint density at radius 2 is 1.36 bits per heavy atom. The van der Waals surface area contributed by atoms with Crippen molar-refractivity contribution in [2.24, 2.45) is 11.3 Å². The predicted molar refractivity (Wildman–Crippen MR) is 252 cm³/mol. The molecule has 2 aliphatic heterocycles. The van der Waals surface area contributed by atoms with E-state index in [1.807, 2.05) is 31.7 Å². The average molecular weight is 876 g/mol. The van der Waals surface area contributed by atoms with Crippen LogP contribution in [-0.4, -0.2) is 121 Å². The molecule has 0 atom stereocenters. The second-order valence-electron chi connectivity index (χ2n) is 21.2. The van der Waals surface area contributed by atoms with Crippen LogP contribution in [0.2, 0.25) is 51.4 Å². The number of likely N-dealkylation sites (tertiary alicyclic amines) is 2. The fourth-order valence-corrected chi connectivity index (χ4v) is 11.2. The zero-order valence-electron chi connectivity index (χ0n) is 39.2. The van der Waals surface area contributed by atoms with Gasteiger partial charge in [0.2, 0.25) is 0 Å². The highest BCUT2D eigenvalue weighted by molar-refractivity contribution is 6.76. The fourth-order valence-electron chi connectivity index (χ4n) is 9.68. The molecule has 1 saturated carbocycles. The Kier molecular flexibility index (Phi) is 17.9. The number of ether oxygens (including phenoxy) is 3. The van der Waals surface area contributed by atoms with Crippen LogP contribution in [0.15, 0.2) is 49.1 Å². The van der Waals surface area contributed by atoms with Crippen molar-refractivity contribution in [1.82, 2.24) is 33.8 Å². The minimum atomic E-state index is -1.19. The second kappa shape index (κ2) is 22.8. The van der Waals surface area contributed by atoms with Crippen LogP contribution in [-0.2, 0) is 58.4 Å². The molecular weight excluding hydrogens is 795 g/mol. The molecule has 3 fully saturated rings. The average Bonchev–Trinajstić information content (AvgIpc) is 3.96. The van der Waals surface area contributed by atoms with Gasteiger partial charge in [0.05, 0.1) is 13.2 Å². The first-order valence-corrected chi connectivity index (χ1v) is 31.2. The lowest BCUT2D eigenvalue weighted by atomic mass is 9.77. The maximum atomic E-state index is 13.1. The normalized spacial score (nSPS) is 18.2. The number of hydrogen-bond acceptors (Lipinski definition) is 9. The van der Waals surface area contributed by atoms with E-state index in [1.54, 1.807) is 0 Å². The van der Waals surface area contributed by atoms with Crippen LogP contribution in [0.25, 0.3) is 0 Å². The Labute approximate surface area is 370 Å². The van der Waals surface area contributed by atoms with Crippen molar-refractivity contribution < 1.29 is 19.0 Å². The minimum absolute atomic E-state index is 0.122. The third-order valence-electron chi connectivity index (χ3n) is 13.5. The maximum absolute atomic E-state index is 13.1. The highest BCUT2D eigenvalue weighted by atomic mass is 28.3. The van der Waals surface area contributed by atoms with E-state index in [2.05, 4.69) is 87.4 Å². The molecule has 2 aromatic heterocycles. The van der Waals surface area contributed by atoms with Gasteiger partial charge in [-0.15, -0.1) is 0 Å². The van der Waals surface area contributed by atoms with Crippen LogP contribution >= 0.6 is 0 Å². The van der Waals surface area contributed by atoms with Gasteiger partial charge in [-0.3, -0.25) is 14.6 Å². The van der Waals surface area contributed by atoms with E-state index >= 15 is 0 Å². The summed E-state index contributed by atoms with van der Waals surface area (Å²) in [6, 6.07) is 12.3. The number of imidazole rings is 2. The van der Waals surface area contributed by atoms with E-state index in [4.69, 9.17) is 24.2 Å². The summed E-state index contributed by atoms with van der Waals surface area (Å²) in [6.07, 6.45) is 20.4. The summed E-state index contributed by atoms with van der Waals surface area (Å²) < 4.78 is 22.2. The number of rotatable bonds is 24. The Morgan fingerprint density at radius 1 is 0.803 bits per heavy atom. The van der Waals surface area contributed by atoms with Crippen molar-refractivity contribution >= 4 is 22.1 Å². The molecule has 4 heterocycles. The molecule has 0 unspecified atom stereocenters. The topological polar surface area (TPSA) is 90.1 Å². The molecule has 2 saturated heterocycles. The molecule has 6 rings (SSSR count). The van der Waals surface area contributed by atoms with Crippen LogP contribution in [0.5, 0.6) is 0 Å². The molecule has 13 heteroatoms. The van der Waals surface area contributed by atoms with Crippen molar-refractivity contribution in [3.63, 3.8) is 0 Å². The summed E-state index contributed by atoms with van der Waals surface area (Å²) >= 11 is 0. The van der Waals surface area contributed by atoms with Gasteiger partial charge in [0.25, 0.3) is 0 Å². The van der Waals surface area contributed by atoms with Gasteiger partial charge >= 0.3 is 5.97 Å². The molecule has 340 valence electrons. The molecule has 1 spiro atoms. The molecule has 0 amide bonds. The molecule has 0 radical (unpaired) electrons. The monoisotopic (exact) mass is 876 g/mol. The first-order valence-electron chi connectivity index (χ1n) is 23.8. The summed E-state index contributed by atoms with van der Waals surface area (Å²) in [5.41, 5.74) is 3.08. The first-order chi connectivity index (χ1) is 29.2. The summed E-state index contributed by atoms with van der Waals surface area (Å²) in [5.74, 6) is 1.90. The van der Waals surface area contributed by atoms with Crippen LogP contribution in [0, 0.1) is 11.3 Å². The lowest BCUT2D eigenvalue weighted by Gasteiger charge is -2.43. The number of nitrogens with zero attached hydrogens (tertiary/aromatic N) is 7. The highest BCUT2D eigenvalue weighted by Crippen LogP contribution is 2.42. The minimum Gasteiger partial charge on any atom is -0.465 e. The number of aromatic nitrogens is 4. The summed E-state index contributed by atoms with van der Waals surface area (Å²) in [4.78, 5) is 30.6. The van der Waals surface area contributed by atoms with Crippen molar-refractivity contribution in [3.05, 3.63) is 71.8 Å². The van der Waals surface area contributed by atoms with Gasteiger partial charge < -0.3 is 28.2 Å². The van der Waals surface area contributed by atoms with Gasteiger partial charge in [-0.1, -0.05) is 82.8 Å². The molecule has 0 bridgehead atoms. The van der Waals surface area contributed by atoms with Crippen molar-refractivity contribution in [1.29, 1.82) is 0 Å². The van der Waals surface area contributed by atoms with E-state index in [-0.39, 0.29) is 18.4 Å². The molecule has 11 nitrogen and oxygen atoms in total. The van der Waals surface area contributed by atoms with Crippen LogP contribution in [0.1, 0.15) is 81.1 Å². The summed E-state index contributed by atoms with van der Waals surface area (Å²) in [5, 5.41) is 0. The largest absolute Gasteiger partial charge is 0.465 e. The molecule has 3 aliphatic rings. The van der Waals surface area contributed by atoms with Gasteiger partial charge in [-0.05, 0) is 93.2 Å². The first kappa shape index (κ1) is 47.8. The van der Waals surface area contributed by atoms with Crippen molar-refractivity contribution in [2.75, 3.05) is 59.1 Å². The van der Waals surface area contributed by atoms with E-state index in [1.165, 1.54) is 88.7 Å². The zero-order chi connectivity index (χ0) is 43.3. The van der Waals surface area contributed by atoms with Gasteiger partial charge in [-0.2, -0.15) is 0 Å². The van der Waals surface area contributed by atoms with E-state index in [0.717, 1.165) is 62.4 Å². The van der Waals surface area contributed by atoms with Crippen molar-refractivity contribution in [2.45, 2.75) is 155 Å². The lowest BCUT2D eigenvalue weighted by molar-refractivity contribution is -0.144. The number of hydrogen-bond donors (Lipinski definition) is 0. The molecule has 61 heavy (non-hydrogen) atoms. The summed E-state index contributed by atoms with van der Waals surface area (Å²) in [6.45, 7) is 26.6. The van der Waals surface area contributed by atoms with Gasteiger partial charge in [-0.25, -0.2) is 9.97 Å². The molecule has 3 aromatic rings. The van der Waals surface area contributed by atoms with Gasteiger partial charge in [0, 0.05) is 99.2 Å². The second-order valence-corrected chi connectivity index (χ2v) is 32.4. The predicted octanol–water partition coefficient (Wildman–Crippen LogP) is 8.79. The van der Waals surface area contributed by atoms with E-state index in [0.29, 0.717) is 38.6 Å². The third kappa shape index (κ3) is 15.8. The van der Waals surface area contributed by atoms with Crippen molar-refractivity contribution in [3.8, 4) is 0 Å². The Balaban J connectivity index is 1.10. The maximum Gasteiger partial charge on any atom is 0.320 e. The highest BCUT2D eigenvalue weighted by Gasteiger charge is 2.41. The molecule has 1 aromatic carbocycles. The standard InChI is InChI=1S/C48H81N7O4Si2/c1-8-59-47(56)37-52(35-42-16-14-41(15-17-42)34-51-23-18-48(38-51)19-24-53(25-20-48)44-12-10-9-11-13-44)36-43(32-45-49-21-26-54(45)39-57-28-30-60(2,3)4)33-46-50-22-27-55(46)40-58-29-31-61(5,6)7/h14-17,21-22,26-27,43-44H,8-13,18-20,23-25,28-40H2,1-7H3. The van der Waals surface area contributed by atoms with Gasteiger partial charge in [0.15, 0.2) is 0 Å². The third-order valence-corrected chi connectivity index (χ3v) is 16.9. The van der Waals surface area contributed by atoms with Gasteiger partial charge in [0.1, 0.15) is 25.1 Å². The van der Waals surface area contributed by atoms with E-state index in [9.17, 15) is 4.79 Å². The Morgan fingerprint density at radius 3 is 1.92 bits per heavy atom. The van der Waals surface area contributed by atoms with Crippen LogP contribution in [0.3, 0.4) is 0 Å². The SMILES string of the molecule is CCOC(=O)CN(Cc1ccc(CN2CCC3(CCN(C4CCCCC4)CC3)C2)cc1)CC(Cc1nccn1COCC[Si](C)(C)C)Cc1nccn1COCC[Si](C)(C)C. The number of esters is 1. The number of benzene rings is 1. The molecule has 1 aliphatic carbocycles.